The van der Waals surface area contributed by atoms with Gasteiger partial charge in [-0.05, 0) is 77.1 Å². The number of nitrogens with one attached hydrogen (secondary N) is 1. The third-order valence-electron chi connectivity index (χ3n) is 7.93. The van der Waals surface area contributed by atoms with Crippen molar-refractivity contribution in [3.8, 4) is 16.9 Å². The summed E-state index contributed by atoms with van der Waals surface area (Å²) >= 11 is 0. The van der Waals surface area contributed by atoms with Crippen molar-refractivity contribution in [2.75, 3.05) is 13.2 Å². The number of imide groups is 1. The smallest absolute Gasteiger partial charge is 0.435 e. The summed E-state index contributed by atoms with van der Waals surface area (Å²) < 4.78 is 74.4. The van der Waals surface area contributed by atoms with E-state index in [2.05, 4.69) is 10.4 Å². The Balaban J connectivity index is 1.21. The van der Waals surface area contributed by atoms with Gasteiger partial charge in [-0.2, -0.15) is 18.3 Å². The molecule has 0 saturated heterocycles. The van der Waals surface area contributed by atoms with Gasteiger partial charge < -0.3 is 14.8 Å². The van der Waals surface area contributed by atoms with Crippen molar-refractivity contribution in [1.82, 2.24) is 24.4 Å². The van der Waals surface area contributed by atoms with Crippen LogP contribution in [0.5, 0.6) is 0 Å². The molecule has 1 aliphatic heterocycles. The van der Waals surface area contributed by atoms with Crippen molar-refractivity contribution in [3.63, 3.8) is 0 Å². The summed E-state index contributed by atoms with van der Waals surface area (Å²) in [5.41, 5.74) is -0.134. The molecule has 1 aromatic heterocycles. The summed E-state index contributed by atoms with van der Waals surface area (Å²) in [5, 5.41) is 21.2. The van der Waals surface area contributed by atoms with E-state index in [9.17, 15) is 41.2 Å². The van der Waals surface area contributed by atoms with Gasteiger partial charge in [0.15, 0.2) is 5.69 Å². The topological polar surface area (TPSA) is 179 Å². The largest absolute Gasteiger partial charge is 0.569 e. The minimum absolute atomic E-state index is 0.0513. The number of amides is 3. The number of hydrogen-bond donors (Lipinski definition) is 1. The molecule has 2 heterocycles. The van der Waals surface area contributed by atoms with Gasteiger partial charge in [0.05, 0.1) is 37.9 Å². The number of fused-ring (bicyclic) bond motifs is 1. The molecule has 0 fully saturated rings. The second kappa shape index (κ2) is 14.6. The molecule has 0 aliphatic carbocycles. The summed E-state index contributed by atoms with van der Waals surface area (Å²) in [5.74, 6) is -1.23. The minimum atomic E-state index is -4.74. The molecule has 4 aromatic rings. The van der Waals surface area contributed by atoms with Crippen LogP contribution in [0.2, 0.25) is 0 Å². The van der Waals surface area contributed by atoms with E-state index < -0.39 is 63.1 Å². The van der Waals surface area contributed by atoms with E-state index in [1.807, 2.05) is 6.92 Å². The second-order valence-corrected chi connectivity index (χ2v) is 14.5. The molecule has 3 amide bonds. The summed E-state index contributed by atoms with van der Waals surface area (Å²) in [6, 6.07) is 18.4. The Kier molecular flexibility index (Phi) is 10.5. The SMILES string of the molecule is Cc1ccc(-c2cc(C(F)(F)F)nn2-c2ccc(S(=O)(=O)NC(=O)OCCN([N+]([O-])=NOC(C)N3C(=O)c4ccccc4C3=O)C(C)(C)C)cc2)cc1. The van der Waals surface area contributed by atoms with Crippen molar-refractivity contribution in [2.45, 2.75) is 57.5 Å². The fourth-order valence-corrected chi connectivity index (χ4v) is 6.14. The predicted molar refractivity (Wildman–Crippen MR) is 180 cm³/mol. The molecule has 1 N–H and O–H groups in total. The van der Waals surface area contributed by atoms with Crippen LogP contribution in [-0.2, 0) is 25.8 Å². The Hall–Kier alpha value is -5.98. The van der Waals surface area contributed by atoms with E-state index >= 15 is 0 Å². The summed E-state index contributed by atoms with van der Waals surface area (Å²) in [6.45, 7) is 7.28. The number of aromatic nitrogens is 2. The van der Waals surface area contributed by atoms with Gasteiger partial charge in [0.2, 0.25) is 11.5 Å². The molecule has 5 rings (SSSR count). The third-order valence-corrected chi connectivity index (χ3v) is 9.26. The molecule has 0 bridgehead atoms. The van der Waals surface area contributed by atoms with Crippen LogP contribution < -0.4 is 4.72 Å². The lowest BCUT2D eigenvalue weighted by molar-refractivity contribution is -0.726. The Morgan fingerprint density at radius 2 is 1.58 bits per heavy atom. The van der Waals surface area contributed by atoms with E-state index in [4.69, 9.17) is 9.57 Å². The summed E-state index contributed by atoms with van der Waals surface area (Å²) in [7, 11) is -4.51. The number of hydrazine groups is 1. The molecular formula is C34H34F3N7O8S. The fourth-order valence-electron chi connectivity index (χ4n) is 5.25. The molecule has 0 spiro atoms. The zero-order chi connectivity index (χ0) is 38.9. The second-order valence-electron chi connectivity index (χ2n) is 12.8. The Bertz CT molecular complexity index is 2130. The molecule has 3 aromatic carbocycles. The first-order chi connectivity index (χ1) is 24.8. The van der Waals surface area contributed by atoms with Crippen molar-refractivity contribution < 1.29 is 50.5 Å². The van der Waals surface area contributed by atoms with Gasteiger partial charge in [0, 0.05) is 5.56 Å². The lowest BCUT2D eigenvalue weighted by atomic mass is 10.1. The van der Waals surface area contributed by atoms with Crippen LogP contribution in [0.25, 0.3) is 16.9 Å². The maximum atomic E-state index is 13.6. The van der Waals surface area contributed by atoms with Crippen molar-refractivity contribution in [2.24, 2.45) is 5.28 Å². The number of halogens is 3. The van der Waals surface area contributed by atoms with E-state index in [1.54, 1.807) is 61.9 Å². The first-order valence-electron chi connectivity index (χ1n) is 15.9. The quantitative estimate of drug-likeness (QED) is 0.0847. The molecule has 280 valence electrons. The van der Waals surface area contributed by atoms with Crippen LogP contribution in [0, 0.1) is 12.1 Å². The van der Waals surface area contributed by atoms with Crippen molar-refractivity contribution in [3.05, 3.63) is 106 Å². The highest BCUT2D eigenvalue weighted by atomic mass is 32.2. The molecule has 53 heavy (non-hydrogen) atoms. The molecule has 19 heteroatoms. The average Bonchev–Trinajstić information content (AvgIpc) is 3.65. The van der Waals surface area contributed by atoms with Gasteiger partial charge in [0.1, 0.15) is 13.2 Å². The number of hydrogen-bond acceptors (Lipinski definition) is 10. The number of carbonyl (C=O) groups excluding carboxylic acids is 3. The third kappa shape index (κ3) is 8.40. The van der Waals surface area contributed by atoms with E-state index in [0.29, 0.717) is 5.56 Å². The van der Waals surface area contributed by atoms with Crippen molar-refractivity contribution in [1.29, 1.82) is 0 Å². The van der Waals surface area contributed by atoms with Crippen LogP contribution in [0.4, 0.5) is 18.0 Å². The van der Waals surface area contributed by atoms with Crippen LogP contribution >= 0.6 is 0 Å². The number of ether oxygens (including phenoxy) is 1. The van der Waals surface area contributed by atoms with Crippen LogP contribution in [0.15, 0.2) is 89.0 Å². The maximum Gasteiger partial charge on any atom is 0.435 e. The van der Waals surface area contributed by atoms with Gasteiger partial charge >= 0.3 is 12.3 Å². The monoisotopic (exact) mass is 757 g/mol. The molecule has 0 radical (unpaired) electrons. The number of aryl methyl sites for hydroxylation is 1. The number of alkyl halides is 3. The first kappa shape index (κ1) is 38.3. The normalized spacial score (nSPS) is 14.2. The van der Waals surface area contributed by atoms with Gasteiger partial charge in [-0.3, -0.25) is 9.59 Å². The highest BCUT2D eigenvalue weighted by Crippen LogP contribution is 2.33. The lowest BCUT2D eigenvalue weighted by Crippen LogP contribution is -2.48. The van der Waals surface area contributed by atoms with E-state index in [-0.39, 0.29) is 34.0 Å². The van der Waals surface area contributed by atoms with Gasteiger partial charge in [-0.1, -0.05) is 42.0 Å². The van der Waals surface area contributed by atoms with Crippen LogP contribution in [0.1, 0.15) is 59.7 Å². The summed E-state index contributed by atoms with van der Waals surface area (Å²) in [6.07, 6.45) is -7.37. The minimum Gasteiger partial charge on any atom is -0.569 e. The van der Waals surface area contributed by atoms with Crippen LogP contribution in [-0.4, -0.2) is 75.9 Å². The number of carbonyl (C=O) groups is 3. The van der Waals surface area contributed by atoms with Crippen molar-refractivity contribution >= 4 is 27.9 Å². The van der Waals surface area contributed by atoms with Gasteiger partial charge in [-0.15, -0.1) is 5.01 Å². The molecule has 1 unspecified atom stereocenters. The zero-order valence-corrected chi connectivity index (χ0v) is 29.8. The summed E-state index contributed by atoms with van der Waals surface area (Å²) in [4.78, 5) is 43.6. The number of rotatable bonds is 11. The van der Waals surface area contributed by atoms with E-state index in [1.165, 1.54) is 31.2 Å². The molecule has 0 saturated carbocycles. The standard InChI is InChI=1S/C34H34F3N7O8S/c1-21-10-12-23(13-11-21)28-20-29(34(35,36)37)38-43(28)24-14-16-25(17-15-24)53(49,50)39-32(47)51-19-18-41(33(3,4)5)44(48)40-52-22(2)42-30(45)26-8-6-7-9-27(26)31(42)46/h6-17,20,22H,18-19H2,1-5H3,(H,39,47). The molecule has 15 nitrogen and oxygen atoms in total. The number of benzene rings is 3. The molecule has 1 aliphatic rings. The first-order valence-corrected chi connectivity index (χ1v) is 17.4. The van der Waals surface area contributed by atoms with Gasteiger partial charge in [0.25, 0.3) is 21.8 Å². The Labute approximate surface area is 301 Å². The Morgan fingerprint density at radius 3 is 2.13 bits per heavy atom. The van der Waals surface area contributed by atoms with Gasteiger partial charge in [-0.25, -0.2) is 27.5 Å². The lowest BCUT2D eigenvalue weighted by Gasteiger charge is -2.30. The highest BCUT2D eigenvalue weighted by molar-refractivity contribution is 7.90. The number of nitrogens with zero attached hydrogens (tertiary/aromatic N) is 6. The van der Waals surface area contributed by atoms with E-state index in [0.717, 1.165) is 38.4 Å². The fraction of sp³-hybridized carbons (Fsp3) is 0.294. The highest BCUT2D eigenvalue weighted by Gasteiger charge is 2.40. The maximum absolute atomic E-state index is 13.6. The molecule has 1 atom stereocenters. The Morgan fingerprint density at radius 1 is 1.00 bits per heavy atom. The predicted octanol–water partition coefficient (Wildman–Crippen LogP) is 5.83. The number of sulfonamides is 1. The average molecular weight is 758 g/mol. The zero-order valence-electron chi connectivity index (χ0n) is 29.0. The van der Waals surface area contributed by atoms with Crippen LogP contribution in [0.3, 0.4) is 0 Å². The molecular weight excluding hydrogens is 723 g/mol.